The fourth-order valence-electron chi connectivity index (χ4n) is 2.76. The van der Waals surface area contributed by atoms with Crippen molar-refractivity contribution in [3.63, 3.8) is 0 Å². The number of hydrogen-bond donors (Lipinski definition) is 2. The molecule has 7 heteroatoms. The average molecular weight is 374 g/mol. The molecular formula is C20H17F3N2O2. The molecule has 27 heavy (non-hydrogen) atoms. The van der Waals surface area contributed by atoms with E-state index in [2.05, 4.69) is 10.3 Å². The van der Waals surface area contributed by atoms with Crippen LogP contribution in [-0.2, 0) is 6.18 Å². The van der Waals surface area contributed by atoms with E-state index >= 15 is 0 Å². The molecule has 0 aliphatic rings. The van der Waals surface area contributed by atoms with Crippen LogP contribution in [0.2, 0.25) is 0 Å². The summed E-state index contributed by atoms with van der Waals surface area (Å²) >= 11 is 0. The van der Waals surface area contributed by atoms with E-state index in [4.69, 9.17) is 4.74 Å². The summed E-state index contributed by atoms with van der Waals surface area (Å²) in [5.74, 6) is 0.305. The molecule has 4 nitrogen and oxygen atoms in total. The summed E-state index contributed by atoms with van der Waals surface area (Å²) in [5.41, 5.74) is 2.53. The summed E-state index contributed by atoms with van der Waals surface area (Å²) in [4.78, 5) is 14.7. The number of benzene rings is 2. The highest BCUT2D eigenvalue weighted by Gasteiger charge is 2.30. The van der Waals surface area contributed by atoms with Crippen LogP contribution >= 0.6 is 0 Å². The van der Waals surface area contributed by atoms with Gasteiger partial charge in [0.2, 0.25) is 0 Å². The van der Waals surface area contributed by atoms with E-state index in [1.807, 2.05) is 0 Å². The Labute approximate surface area is 154 Å². The van der Waals surface area contributed by atoms with Crippen LogP contribution in [0.1, 0.15) is 16.1 Å². The smallest absolute Gasteiger partial charge is 0.416 e. The third kappa shape index (κ3) is 3.81. The van der Waals surface area contributed by atoms with E-state index in [0.29, 0.717) is 22.7 Å². The number of carbonyl (C=O) groups excluding carboxylic acids is 1. The molecule has 3 aromatic rings. The van der Waals surface area contributed by atoms with Crippen molar-refractivity contribution < 1.29 is 22.7 Å². The number of hydrogen-bond acceptors (Lipinski definition) is 2. The third-order valence-corrected chi connectivity index (χ3v) is 4.19. The third-order valence-electron chi connectivity index (χ3n) is 4.19. The predicted molar refractivity (Wildman–Crippen MR) is 96.6 cm³/mol. The zero-order chi connectivity index (χ0) is 19.6. The lowest BCUT2D eigenvalue weighted by Crippen LogP contribution is -2.17. The van der Waals surface area contributed by atoms with Gasteiger partial charge in [0.25, 0.3) is 5.91 Å². The highest BCUT2D eigenvalue weighted by molar-refractivity contribution is 5.93. The second kappa shape index (κ2) is 7.19. The topological polar surface area (TPSA) is 54.1 Å². The molecule has 0 aliphatic heterocycles. The molecule has 2 N–H and O–H groups in total. The monoisotopic (exact) mass is 374 g/mol. The fourth-order valence-corrected chi connectivity index (χ4v) is 2.76. The van der Waals surface area contributed by atoms with Crippen molar-refractivity contribution in [3.05, 3.63) is 65.9 Å². The maximum absolute atomic E-state index is 12.7. The number of H-pyrrole nitrogens is 1. The van der Waals surface area contributed by atoms with Gasteiger partial charge in [-0.05, 0) is 47.5 Å². The highest BCUT2D eigenvalue weighted by atomic mass is 19.4. The molecule has 0 saturated heterocycles. The Hall–Kier alpha value is -3.22. The van der Waals surface area contributed by atoms with Gasteiger partial charge in [-0.15, -0.1) is 0 Å². The minimum atomic E-state index is -4.36. The van der Waals surface area contributed by atoms with Crippen molar-refractivity contribution in [2.24, 2.45) is 0 Å². The van der Waals surface area contributed by atoms with E-state index in [-0.39, 0.29) is 5.91 Å². The van der Waals surface area contributed by atoms with Gasteiger partial charge in [-0.1, -0.05) is 18.2 Å². The Morgan fingerprint density at radius 2 is 1.67 bits per heavy atom. The predicted octanol–water partition coefficient (Wildman–Crippen LogP) is 4.74. The summed E-state index contributed by atoms with van der Waals surface area (Å²) in [6.45, 7) is 0. The lowest BCUT2D eigenvalue weighted by atomic mass is 10.0. The van der Waals surface area contributed by atoms with Crippen LogP contribution in [0.25, 0.3) is 22.4 Å². The fraction of sp³-hybridized carbons (Fsp3) is 0.150. The average Bonchev–Trinajstić information content (AvgIpc) is 3.16. The number of aromatic nitrogens is 1. The summed E-state index contributed by atoms with van der Waals surface area (Å²) in [5, 5.41) is 2.54. The second-order valence-corrected chi connectivity index (χ2v) is 5.85. The number of aromatic amines is 1. The quantitative estimate of drug-likeness (QED) is 0.693. The number of halogens is 3. The van der Waals surface area contributed by atoms with Crippen molar-refractivity contribution in [2.45, 2.75) is 6.18 Å². The van der Waals surface area contributed by atoms with Crippen LogP contribution in [0, 0.1) is 0 Å². The van der Waals surface area contributed by atoms with E-state index in [1.165, 1.54) is 19.2 Å². The van der Waals surface area contributed by atoms with Gasteiger partial charge in [-0.3, -0.25) is 4.79 Å². The zero-order valence-electron chi connectivity index (χ0n) is 14.6. The van der Waals surface area contributed by atoms with E-state index in [0.717, 1.165) is 23.3 Å². The van der Waals surface area contributed by atoms with Crippen LogP contribution in [0.3, 0.4) is 0 Å². The van der Waals surface area contributed by atoms with Crippen molar-refractivity contribution in [1.82, 2.24) is 10.3 Å². The van der Waals surface area contributed by atoms with Gasteiger partial charge in [0.15, 0.2) is 0 Å². The molecule has 0 unspecified atom stereocenters. The van der Waals surface area contributed by atoms with E-state index in [9.17, 15) is 18.0 Å². The number of rotatable bonds is 4. The molecule has 2 aromatic carbocycles. The molecule has 0 fully saturated rings. The number of alkyl halides is 3. The SMILES string of the molecule is CNC(=O)c1ccc(-c2ccc(-c3ccc(C(F)(F)F)cc3)cc2OC)[nH]1. The minimum absolute atomic E-state index is 0.235. The first-order chi connectivity index (χ1) is 12.8. The van der Waals surface area contributed by atoms with Crippen molar-refractivity contribution in [3.8, 4) is 28.1 Å². The highest BCUT2D eigenvalue weighted by Crippen LogP contribution is 2.35. The first kappa shape index (κ1) is 18.6. The summed E-state index contributed by atoms with van der Waals surface area (Å²) in [6, 6.07) is 13.7. The summed E-state index contributed by atoms with van der Waals surface area (Å²) in [7, 11) is 3.06. The summed E-state index contributed by atoms with van der Waals surface area (Å²) in [6.07, 6.45) is -4.36. The van der Waals surface area contributed by atoms with Gasteiger partial charge in [-0.25, -0.2) is 0 Å². The summed E-state index contributed by atoms with van der Waals surface area (Å²) < 4.78 is 43.6. The van der Waals surface area contributed by atoms with E-state index < -0.39 is 11.7 Å². The van der Waals surface area contributed by atoms with Crippen molar-refractivity contribution >= 4 is 5.91 Å². The first-order valence-corrected chi connectivity index (χ1v) is 8.10. The van der Waals surface area contributed by atoms with Crippen molar-refractivity contribution in [1.29, 1.82) is 0 Å². The number of ether oxygens (including phenoxy) is 1. The van der Waals surface area contributed by atoms with Gasteiger partial charge in [0, 0.05) is 18.3 Å². The van der Waals surface area contributed by atoms with Gasteiger partial charge < -0.3 is 15.0 Å². The minimum Gasteiger partial charge on any atom is -0.496 e. The number of nitrogens with one attached hydrogen (secondary N) is 2. The van der Waals surface area contributed by atoms with Gasteiger partial charge in [0.1, 0.15) is 11.4 Å². The molecule has 140 valence electrons. The number of carbonyl (C=O) groups is 1. The molecule has 0 saturated carbocycles. The molecule has 0 aliphatic carbocycles. The molecule has 1 amide bonds. The Bertz CT molecular complexity index is 960. The zero-order valence-corrected chi connectivity index (χ0v) is 14.6. The Morgan fingerprint density at radius 1 is 1.00 bits per heavy atom. The molecule has 0 radical (unpaired) electrons. The van der Waals surface area contributed by atoms with Gasteiger partial charge >= 0.3 is 6.18 Å². The van der Waals surface area contributed by atoms with Crippen LogP contribution < -0.4 is 10.1 Å². The standard InChI is InChI=1S/C20H17F3N2O2/c1-24-19(26)17-10-9-16(25-17)15-8-5-13(11-18(15)27-2)12-3-6-14(7-4-12)20(21,22)23/h3-11,25H,1-2H3,(H,24,26). The second-order valence-electron chi connectivity index (χ2n) is 5.85. The Morgan fingerprint density at radius 3 is 2.26 bits per heavy atom. The number of amides is 1. The molecule has 0 atom stereocenters. The maximum atomic E-state index is 12.7. The Kier molecular flexibility index (Phi) is 4.94. The first-order valence-electron chi connectivity index (χ1n) is 8.10. The van der Waals surface area contributed by atoms with Crippen molar-refractivity contribution in [2.75, 3.05) is 14.2 Å². The van der Waals surface area contributed by atoms with Crippen LogP contribution in [0.5, 0.6) is 5.75 Å². The largest absolute Gasteiger partial charge is 0.496 e. The van der Waals surface area contributed by atoms with Crippen LogP contribution in [-0.4, -0.2) is 25.0 Å². The normalized spacial score (nSPS) is 11.3. The molecule has 0 spiro atoms. The molecule has 3 rings (SSSR count). The lowest BCUT2D eigenvalue weighted by Gasteiger charge is -2.11. The van der Waals surface area contributed by atoms with Gasteiger partial charge in [-0.2, -0.15) is 13.2 Å². The molecule has 1 heterocycles. The molecule has 1 aromatic heterocycles. The number of methoxy groups -OCH3 is 1. The van der Waals surface area contributed by atoms with Gasteiger partial charge in [0.05, 0.1) is 12.7 Å². The maximum Gasteiger partial charge on any atom is 0.416 e. The molecular weight excluding hydrogens is 357 g/mol. The van der Waals surface area contributed by atoms with Crippen LogP contribution in [0.15, 0.2) is 54.6 Å². The lowest BCUT2D eigenvalue weighted by molar-refractivity contribution is -0.137. The molecule has 0 bridgehead atoms. The van der Waals surface area contributed by atoms with E-state index in [1.54, 1.807) is 37.4 Å². The van der Waals surface area contributed by atoms with Crippen LogP contribution in [0.4, 0.5) is 13.2 Å². The Balaban J connectivity index is 1.95.